The van der Waals surface area contributed by atoms with Crippen molar-refractivity contribution in [3.05, 3.63) is 12.3 Å². The number of rotatable bonds is 5. The van der Waals surface area contributed by atoms with E-state index < -0.39 is 11.4 Å². The van der Waals surface area contributed by atoms with Crippen LogP contribution >= 0.6 is 0 Å². The van der Waals surface area contributed by atoms with Crippen molar-refractivity contribution in [3.8, 4) is 0 Å². The third-order valence-electron chi connectivity index (χ3n) is 2.86. The third kappa shape index (κ3) is 1.84. The summed E-state index contributed by atoms with van der Waals surface area (Å²) in [6, 6.07) is 0. The molecule has 1 amide bonds. The zero-order valence-corrected chi connectivity index (χ0v) is 10.2. The molecule has 4 nitrogen and oxygen atoms in total. The van der Waals surface area contributed by atoms with Gasteiger partial charge in [-0.2, -0.15) is 0 Å². The van der Waals surface area contributed by atoms with Crippen molar-refractivity contribution < 1.29 is 14.4 Å². The summed E-state index contributed by atoms with van der Waals surface area (Å²) in [4.78, 5) is 29.1. The quantitative estimate of drug-likeness (QED) is 0.675. The molecule has 0 saturated carbocycles. The summed E-state index contributed by atoms with van der Waals surface area (Å²) >= 11 is 0. The predicted molar refractivity (Wildman–Crippen MR) is 60.0 cm³/mol. The van der Waals surface area contributed by atoms with Crippen molar-refractivity contribution in [2.75, 3.05) is 0 Å². The van der Waals surface area contributed by atoms with Crippen LogP contribution in [0.2, 0.25) is 0 Å². The van der Waals surface area contributed by atoms with Gasteiger partial charge in [0.1, 0.15) is 0 Å². The van der Waals surface area contributed by atoms with Gasteiger partial charge >= 0.3 is 5.97 Å². The number of allylic oxidation sites excluding steroid dienone is 1. The smallest absolute Gasteiger partial charge is 0.332 e. The zero-order valence-electron chi connectivity index (χ0n) is 10.2. The third-order valence-corrected chi connectivity index (χ3v) is 2.86. The van der Waals surface area contributed by atoms with Crippen LogP contribution in [0.4, 0.5) is 0 Å². The summed E-state index contributed by atoms with van der Waals surface area (Å²) < 4.78 is 0. The molecule has 0 aliphatic carbocycles. The van der Waals surface area contributed by atoms with Crippen LogP contribution in [0.3, 0.4) is 0 Å². The first-order valence-electron chi connectivity index (χ1n) is 5.72. The van der Waals surface area contributed by atoms with Crippen LogP contribution in [0.5, 0.6) is 0 Å². The number of hydroxylamine groups is 2. The van der Waals surface area contributed by atoms with Crippen LogP contribution in [-0.4, -0.2) is 16.9 Å². The lowest BCUT2D eigenvalue weighted by Crippen LogP contribution is -2.36. The second-order valence-electron chi connectivity index (χ2n) is 4.30. The molecule has 1 rings (SSSR count). The Kier molecular flexibility index (Phi) is 3.73. The first-order valence-corrected chi connectivity index (χ1v) is 5.72. The largest absolute Gasteiger partial charge is 0.348 e. The van der Waals surface area contributed by atoms with Crippen molar-refractivity contribution in [2.45, 2.75) is 46.5 Å². The van der Waals surface area contributed by atoms with Gasteiger partial charge in [0.15, 0.2) is 5.41 Å². The van der Waals surface area contributed by atoms with Gasteiger partial charge < -0.3 is 4.84 Å². The van der Waals surface area contributed by atoms with Crippen LogP contribution in [-0.2, 0) is 14.4 Å². The molecule has 1 heterocycles. The second kappa shape index (κ2) is 4.68. The monoisotopic (exact) mass is 225 g/mol. The van der Waals surface area contributed by atoms with E-state index in [1.54, 1.807) is 6.92 Å². The average Bonchev–Trinajstić information content (AvgIpc) is 2.45. The van der Waals surface area contributed by atoms with Gasteiger partial charge in [-0.05, 0) is 19.8 Å². The highest BCUT2D eigenvalue weighted by Crippen LogP contribution is 2.39. The molecule has 0 atom stereocenters. The van der Waals surface area contributed by atoms with E-state index in [2.05, 4.69) is 6.58 Å². The topological polar surface area (TPSA) is 46.6 Å². The molecular weight excluding hydrogens is 206 g/mol. The fourth-order valence-corrected chi connectivity index (χ4v) is 2.14. The number of hydrogen-bond donors (Lipinski definition) is 0. The maximum atomic E-state index is 12.2. The highest BCUT2D eigenvalue weighted by molar-refractivity contribution is 6.06. The molecule has 90 valence electrons. The lowest BCUT2D eigenvalue weighted by Gasteiger charge is -2.20. The first kappa shape index (κ1) is 12.7. The summed E-state index contributed by atoms with van der Waals surface area (Å²) in [5.41, 5.74) is -0.518. The maximum absolute atomic E-state index is 12.2. The molecule has 1 saturated heterocycles. The molecule has 0 aromatic rings. The molecule has 16 heavy (non-hydrogen) atoms. The van der Waals surface area contributed by atoms with E-state index in [1.807, 2.05) is 13.8 Å². The second-order valence-corrected chi connectivity index (χ2v) is 4.30. The molecule has 0 aromatic carbocycles. The maximum Gasteiger partial charge on any atom is 0.348 e. The van der Waals surface area contributed by atoms with Gasteiger partial charge in [-0.1, -0.05) is 33.3 Å². The van der Waals surface area contributed by atoms with Crippen molar-refractivity contribution in [3.63, 3.8) is 0 Å². The van der Waals surface area contributed by atoms with E-state index in [0.717, 1.165) is 17.9 Å². The Balaban J connectivity index is 3.04. The minimum Gasteiger partial charge on any atom is -0.332 e. The van der Waals surface area contributed by atoms with E-state index in [0.29, 0.717) is 18.5 Å². The van der Waals surface area contributed by atoms with Crippen LogP contribution in [0.1, 0.15) is 46.5 Å². The van der Waals surface area contributed by atoms with Gasteiger partial charge in [-0.15, -0.1) is 5.06 Å². The zero-order chi connectivity index (χ0) is 12.3. The molecule has 0 N–H and O–H groups in total. The van der Waals surface area contributed by atoms with Gasteiger partial charge in [-0.3, -0.25) is 4.79 Å². The summed E-state index contributed by atoms with van der Waals surface area (Å²) in [7, 11) is 0. The van der Waals surface area contributed by atoms with Gasteiger partial charge in [0.25, 0.3) is 5.91 Å². The van der Waals surface area contributed by atoms with E-state index in [1.165, 1.54) is 0 Å². The molecule has 1 aliphatic rings. The van der Waals surface area contributed by atoms with Crippen molar-refractivity contribution in [1.29, 1.82) is 0 Å². The van der Waals surface area contributed by atoms with Crippen molar-refractivity contribution >= 4 is 11.9 Å². The Morgan fingerprint density at radius 3 is 2.12 bits per heavy atom. The van der Waals surface area contributed by atoms with Crippen LogP contribution in [0, 0.1) is 5.41 Å². The molecule has 0 aromatic heterocycles. The molecule has 0 bridgehead atoms. The van der Waals surface area contributed by atoms with Gasteiger partial charge in [0.05, 0.1) is 5.70 Å². The van der Waals surface area contributed by atoms with Crippen molar-refractivity contribution in [1.82, 2.24) is 5.06 Å². The van der Waals surface area contributed by atoms with E-state index in [4.69, 9.17) is 4.84 Å². The lowest BCUT2D eigenvalue weighted by atomic mass is 9.79. The lowest BCUT2D eigenvalue weighted by molar-refractivity contribution is -0.171. The normalized spacial score (nSPS) is 18.8. The minimum atomic E-state index is -0.970. The van der Waals surface area contributed by atoms with Crippen LogP contribution in [0.25, 0.3) is 0 Å². The predicted octanol–water partition coefficient (Wildman–Crippen LogP) is 2.41. The molecule has 0 unspecified atom stereocenters. The standard InChI is InChI=1S/C12H19NO3/c1-5-7-12(8-6-2)10(14)13(9(3)4)16-11(12)15/h3,5-8H2,1-2,4H3. The van der Waals surface area contributed by atoms with Gasteiger partial charge in [0, 0.05) is 0 Å². The molecule has 0 spiro atoms. The molecule has 0 radical (unpaired) electrons. The Hall–Kier alpha value is -1.32. The SMILES string of the molecule is C=C(C)N1OC(=O)C(CCC)(CCC)C1=O. The fraction of sp³-hybridized carbons (Fsp3) is 0.667. The minimum absolute atomic E-state index is 0.256. The number of amides is 1. The highest BCUT2D eigenvalue weighted by atomic mass is 16.7. The van der Waals surface area contributed by atoms with Crippen molar-refractivity contribution in [2.24, 2.45) is 5.41 Å². The van der Waals surface area contributed by atoms with E-state index >= 15 is 0 Å². The number of nitrogens with zero attached hydrogens (tertiary/aromatic N) is 1. The molecule has 4 heteroatoms. The summed E-state index contributed by atoms with van der Waals surface area (Å²) in [5.74, 6) is -0.682. The highest BCUT2D eigenvalue weighted by Gasteiger charge is 2.55. The summed E-state index contributed by atoms with van der Waals surface area (Å²) in [6.07, 6.45) is 2.65. The number of carbonyl (C=O) groups is 2. The summed E-state index contributed by atoms with van der Waals surface area (Å²) in [5, 5.41) is 1.04. The fourth-order valence-electron chi connectivity index (χ4n) is 2.14. The summed E-state index contributed by atoms with van der Waals surface area (Å²) in [6.45, 7) is 9.21. The Morgan fingerprint density at radius 2 is 1.81 bits per heavy atom. The average molecular weight is 225 g/mol. The van der Waals surface area contributed by atoms with Crippen LogP contribution < -0.4 is 0 Å². The van der Waals surface area contributed by atoms with E-state index in [-0.39, 0.29) is 5.91 Å². The van der Waals surface area contributed by atoms with E-state index in [9.17, 15) is 9.59 Å². The number of hydrogen-bond acceptors (Lipinski definition) is 3. The van der Waals surface area contributed by atoms with Gasteiger partial charge in [0.2, 0.25) is 0 Å². The Morgan fingerprint density at radius 1 is 1.31 bits per heavy atom. The molecule has 1 aliphatic heterocycles. The number of carbonyl (C=O) groups excluding carboxylic acids is 2. The Bertz CT molecular complexity index is 316. The molecular formula is C12H19NO3. The molecule has 1 fully saturated rings. The van der Waals surface area contributed by atoms with Gasteiger partial charge in [-0.25, -0.2) is 4.79 Å². The first-order chi connectivity index (χ1) is 7.49. The van der Waals surface area contributed by atoms with Crippen LogP contribution in [0.15, 0.2) is 12.3 Å². The Labute approximate surface area is 96.2 Å².